The van der Waals surface area contributed by atoms with Crippen LogP contribution in [0, 0.1) is 0 Å². The van der Waals surface area contributed by atoms with Crippen LogP contribution in [0.1, 0.15) is 49.0 Å². The predicted molar refractivity (Wildman–Crippen MR) is 76.5 cm³/mol. The Morgan fingerprint density at radius 3 is 2.80 bits per heavy atom. The third-order valence-electron chi connectivity index (χ3n) is 3.80. The average Bonchev–Trinajstić information content (AvgIpc) is 3.39. The lowest BCUT2D eigenvalue weighted by molar-refractivity contribution is 0.626. The average molecular weight is 287 g/mol. The molecule has 0 aromatic carbocycles. The minimum absolute atomic E-state index is 0.503. The van der Waals surface area contributed by atoms with Gasteiger partial charge >= 0.3 is 0 Å². The summed E-state index contributed by atoms with van der Waals surface area (Å²) in [6, 6.07) is 4.55. The molecule has 0 unspecified atom stereocenters. The summed E-state index contributed by atoms with van der Waals surface area (Å²) in [5, 5.41) is 10.8. The van der Waals surface area contributed by atoms with E-state index in [1.54, 1.807) is 18.0 Å². The molecule has 5 nitrogen and oxygen atoms in total. The Labute approximate surface area is 122 Å². The highest BCUT2D eigenvalue weighted by Crippen LogP contribution is 2.46. The van der Waals surface area contributed by atoms with Crippen LogP contribution in [0.5, 0.6) is 0 Å². The number of nitrogens with two attached hydrogens (primary N) is 1. The molecule has 2 fully saturated rings. The van der Waals surface area contributed by atoms with Crippen LogP contribution in [0.4, 0.5) is 0 Å². The third-order valence-corrected chi connectivity index (χ3v) is 4.83. The predicted octanol–water partition coefficient (Wildman–Crippen LogP) is 2.50. The number of rotatable bonds is 5. The largest absolute Gasteiger partial charge is 0.326 e. The summed E-state index contributed by atoms with van der Waals surface area (Å²) in [7, 11) is 0. The zero-order valence-corrected chi connectivity index (χ0v) is 12.0. The Morgan fingerprint density at radius 1 is 1.25 bits per heavy atom. The highest BCUT2D eigenvalue weighted by molar-refractivity contribution is 7.99. The highest BCUT2D eigenvalue weighted by Gasteiger charge is 2.36. The fraction of sp³-hybridized carbons (Fsp3) is 0.500. The molecule has 2 aromatic heterocycles. The first-order valence-electron chi connectivity index (χ1n) is 7.13. The summed E-state index contributed by atoms with van der Waals surface area (Å²) in [5.74, 6) is 1.82. The third kappa shape index (κ3) is 2.23. The molecule has 0 aliphatic heterocycles. The number of nitrogens with zero attached hydrogens (tertiary/aromatic N) is 4. The van der Waals surface area contributed by atoms with Crippen LogP contribution < -0.4 is 5.73 Å². The van der Waals surface area contributed by atoms with E-state index in [1.807, 2.05) is 12.1 Å². The fourth-order valence-electron chi connectivity index (χ4n) is 2.41. The molecule has 20 heavy (non-hydrogen) atoms. The van der Waals surface area contributed by atoms with Crippen molar-refractivity contribution in [2.24, 2.45) is 5.73 Å². The second-order valence-electron chi connectivity index (χ2n) is 5.49. The van der Waals surface area contributed by atoms with E-state index in [0.717, 1.165) is 15.7 Å². The zero-order valence-electron chi connectivity index (χ0n) is 11.2. The van der Waals surface area contributed by atoms with E-state index < -0.39 is 0 Å². The molecule has 0 atom stereocenters. The SMILES string of the molecule is NCc1cccnc1Sc1nnc(C2CC2)n1C1CC1. The van der Waals surface area contributed by atoms with Crippen molar-refractivity contribution in [2.45, 2.75) is 54.4 Å². The molecule has 2 aliphatic rings. The van der Waals surface area contributed by atoms with Crippen molar-refractivity contribution >= 4 is 11.8 Å². The van der Waals surface area contributed by atoms with E-state index in [1.165, 1.54) is 31.5 Å². The molecule has 2 aliphatic carbocycles. The van der Waals surface area contributed by atoms with E-state index in [9.17, 15) is 0 Å². The molecule has 0 radical (unpaired) electrons. The van der Waals surface area contributed by atoms with Crippen LogP contribution in [-0.2, 0) is 6.54 Å². The first-order valence-corrected chi connectivity index (χ1v) is 7.95. The van der Waals surface area contributed by atoms with E-state index in [-0.39, 0.29) is 0 Å². The van der Waals surface area contributed by atoms with Crippen molar-refractivity contribution < 1.29 is 0 Å². The van der Waals surface area contributed by atoms with Gasteiger partial charge in [-0.25, -0.2) is 4.98 Å². The molecule has 104 valence electrons. The monoisotopic (exact) mass is 287 g/mol. The highest BCUT2D eigenvalue weighted by atomic mass is 32.2. The summed E-state index contributed by atoms with van der Waals surface area (Å²) in [6.45, 7) is 0.503. The lowest BCUT2D eigenvalue weighted by Crippen LogP contribution is -2.03. The van der Waals surface area contributed by atoms with Crippen LogP contribution in [0.2, 0.25) is 0 Å². The minimum Gasteiger partial charge on any atom is -0.326 e. The summed E-state index contributed by atoms with van der Waals surface area (Å²) in [4.78, 5) is 4.44. The molecule has 2 aromatic rings. The number of hydrogen-bond acceptors (Lipinski definition) is 5. The molecular formula is C14H17N5S. The molecule has 0 spiro atoms. The lowest BCUT2D eigenvalue weighted by Gasteiger charge is -2.09. The minimum atomic E-state index is 0.503. The number of pyridine rings is 1. The Balaban J connectivity index is 1.68. The van der Waals surface area contributed by atoms with E-state index >= 15 is 0 Å². The van der Waals surface area contributed by atoms with Gasteiger partial charge in [0.05, 0.1) is 0 Å². The lowest BCUT2D eigenvalue weighted by atomic mass is 10.3. The maximum Gasteiger partial charge on any atom is 0.197 e. The van der Waals surface area contributed by atoms with Gasteiger partial charge in [0, 0.05) is 24.7 Å². The van der Waals surface area contributed by atoms with Crippen molar-refractivity contribution in [3.8, 4) is 0 Å². The van der Waals surface area contributed by atoms with E-state index in [0.29, 0.717) is 18.5 Å². The Kier molecular flexibility index (Phi) is 3.00. The van der Waals surface area contributed by atoms with Crippen molar-refractivity contribution in [1.82, 2.24) is 19.7 Å². The van der Waals surface area contributed by atoms with Crippen molar-refractivity contribution in [1.29, 1.82) is 0 Å². The topological polar surface area (TPSA) is 69.6 Å². The second-order valence-corrected chi connectivity index (χ2v) is 6.45. The normalized spacial score (nSPS) is 18.4. The first-order chi connectivity index (χ1) is 9.86. The molecule has 4 rings (SSSR count). The van der Waals surface area contributed by atoms with Gasteiger partial charge < -0.3 is 10.3 Å². The van der Waals surface area contributed by atoms with Gasteiger partial charge in [-0.05, 0) is 49.1 Å². The van der Waals surface area contributed by atoms with Gasteiger partial charge in [-0.3, -0.25) is 0 Å². The summed E-state index contributed by atoms with van der Waals surface area (Å²) < 4.78 is 2.34. The Bertz CT molecular complexity index is 630. The van der Waals surface area contributed by atoms with Gasteiger partial charge in [-0.1, -0.05) is 6.07 Å². The number of aromatic nitrogens is 4. The van der Waals surface area contributed by atoms with Gasteiger partial charge in [0.15, 0.2) is 5.16 Å². The summed E-state index contributed by atoms with van der Waals surface area (Å²) in [5.41, 5.74) is 6.85. The van der Waals surface area contributed by atoms with Crippen LogP contribution in [0.3, 0.4) is 0 Å². The summed E-state index contributed by atoms with van der Waals surface area (Å²) >= 11 is 1.60. The Hall–Kier alpha value is -1.40. The molecule has 2 heterocycles. The molecule has 2 N–H and O–H groups in total. The zero-order chi connectivity index (χ0) is 13.5. The van der Waals surface area contributed by atoms with Crippen LogP contribution in [0.15, 0.2) is 28.5 Å². The quantitative estimate of drug-likeness (QED) is 0.915. The van der Waals surface area contributed by atoms with Crippen LogP contribution in [0.25, 0.3) is 0 Å². The fourth-order valence-corrected chi connectivity index (χ4v) is 3.40. The van der Waals surface area contributed by atoms with Gasteiger partial charge in [-0.15, -0.1) is 10.2 Å². The second kappa shape index (κ2) is 4.86. The van der Waals surface area contributed by atoms with Crippen molar-refractivity contribution in [3.63, 3.8) is 0 Å². The maximum absolute atomic E-state index is 5.78. The van der Waals surface area contributed by atoms with Gasteiger partial charge in [-0.2, -0.15) is 0 Å². The van der Waals surface area contributed by atoms with Gasteiger partial charge in [0.2, 0.25) is 0 Å². The van der Waals surface area contributed by atoms with Crippen LogP contribution in [-0.4, -0.2) is 19.7 Å². The molecule has 0 bridgehead atoms. The molecular weight excluding hydrogens is 270 g/mol. The maximum atomic E-state index is 5.78. The van der Waals surface area contributed by atoms with Crippen LogP contribution >= 0.6 is 11.8 Å². The molecule has 0 amide bonds. The molecule has 6 heteroatoms. The molecule has 2 saturated carbocycles. The van der Waals surface area contributed by atoms with Crippen molar-refractivity contribution in [2.75, 3.05) is 0 Å². The van der Waals surface area contributed by atoms with E-state index in [4.69, 9.17) is 5.73 Å². The van der Waals surface area contributed by atoms with Gasteiger partial charge in [0.25, 0.3) is 0 Å². The molecule has 0 saturated heterocycles. The summed E-state index contributed by atoms with van der Waals surface area (Å²) in [6.07, 6.45) is 6.82. The number of hydrogen-bond donors (Lipinski definition) is 1. The van der Waals surface area contributed by atoms with Crippen molar-refractivity contribution in [3.05, 3.63) is 29.7 Å². The van der Waals surface area contributed by atoms with Gasteiger partial charge in [0.1, 0.15) is 10.9 Å². The van der Waals surface area contributed by atoms with E-state index in [2.05, 4.69) is 19.7 Å². The standard InChI is InChI=1S/C14H17N5S/c15-8-10-2-1-7-16-13(10)20-14-18-17-12(9-3-4-9)19(14)11-5-6-11/h1-2,7,9,11H,3-6,8,15H2. The Morgan fingerprint density at radius 2 is 2.10 bits per heavy atom. The first kappa shape index (κ1) is 12.3. The smallest absolute Gasteiger partial charge is 0.197 e.